The second kappa shape index (κ2) is 9.12. The molecule has 1 aromatic carbocycles. The van der Waals surface area contributed by atoms with E-state index in [9.17, 15) is 26.7 Å². The lowest BCUT2D eigenvalue weighted by atomic mass is 9.99. The van der Waals surface area contributed by atoms with Gasteiger partial charge < -0.3 is 9.30 Å². The van der Waals surface area contributed by atoms with Crippen LogP contribution in [0.2, 0.25) is 5.15 Å². The summed E-state index contributed by atoms with van der Waals surface area (Å²) in [5, 5.41) is 0.204. The van der Waals surface area contributed by atoms with Gasteiger partial charge in [0, 0.05) is 19.5 Å². The minimum Gasteiger partial charge on any atom is -0.444 e. The maximum atomic E-state index is 14.0. The highest BCUT2D eigenvalue weighted by Gasteiger charge is 2.39. The van der Waals surface area contributed by atoms with Gasteiger partial charge in [0.25, 0.3) is 0 Å². The summed E-state index contributed by atoms with van der Waals surface area (Å²) in [5.41, 5.74) is -2.07. The van der Waals surface area contributed by atoms with Crippen molar-refractivity contribution in [3.05, 3.63) is 51.6 Å². The van der Waals surface area contributed by atoms with E-state index in [1.165, 1.54) is 4.90 Å². The zero-order valence-corrected chi connectivity index (χ0v) is 19.4. The monoisotopic (exact) mass is 493 g/mol. The van der Waals surface area contributed by atoms with Crippen LogP contribution in [0, 0.1) is 11.6 Å². The Morgan fingerprint density at radius 1 is 1.18 bits per heavy atom. The molecule has 0 spiro atoms. The molecule has 1 aromatic heterocycles. The fourth-order valence-corrected chi connectivity index (χ4v) is 4.33. The number of alkyl halides is 3. The number of fused-ring (bicyclic) bond motifs is 1. The summed E-state index contributed by atoms with van der Waals surface area (Å²) in [6.07, 6.45) is -4.97. The average molecular weight is 494 g/mol. The van der Waals surface area contributed by atoms with E-state index in [-0.39, 0.29) is 23.6 Å². The van der Waals surface area contributed by atoms with Crippen molar-refractivity contribution in [2.75, 3.05) is 6.54 Å². The van der Waals surface area contributed by atoms with E-state index in [4.69, 9.17) is 16.3 Å². The van der Waals surface area contributed by atoms with E-state index in [1.54, 1.807) is 20.8 Å². The lowest BCUT2D eigenvalue weighted by Crippen LogP contribution is -2.45. The van der Waals surface area contributed by atoms with E-state index in [1.807, 2.05) is 11.5 Å². The smallest absolute Gasteiger partial charge is 0.422 e. The van der Waals surface area contributed by atoms with Gasteiger partial charge in [-0.15, -0.1) is 0 Å². The summed E-state index contributed by atoms with van der Waals surface area (Å²) in [6, 6.07) is 0.702. The summed E-state index contributed by atoms with van der Waals surface area (Å²) in [6.45, 7) is 7.83. The molecule has 0 saturated carbocycles. The van der Waals surface area contributed by atoms with Crippen LogP contribution in [-0.2, 0) is 30.3 Å². The molecule has 3 rings (SSSR count). The van der Waals surface area contributed by atoms with Gasteiger partial charge in [-0.2, -0.15) is 13.2 Å². The largest absolute Gasteiger partial charge is 0.444 e. The Morgan fingerprint density at radius 3 is 2.30 bits per heavy atom. The standard InChI is InChI=1S/C22H25ClF5N3O2/c1-5-16-29-19(23)18-15(30(8-9-31(16)18)20(32)33-21(2,3)4)7-6-12-10-13(24)17(14(25)11-12)22(26,27)28/h10-11,15H,5-9H2,1-4H3. The Hall–Kier alpha value is -2.36. The number of aryl methyl sites for hydroxylation is 2. The lowest BCUT2D eigenvalue weighted by Gasteiger charge is -2.38. The van der Waals surface area contributed by atoms with Crippen LogP contribution >= 0.6 is 11.6 Å². The van der Waals surface area contributed by atoms with Crippen LogP contribution < -0.4 is 0 Å². The maximum absolute atomic E-state index is 14.0. The van der Waals surface area contributed by atoms with E-state index >= 15 is 0 Å². The lowest BCUT2D eigenvalue weighted by molar-refractivity contribution is -0.142. The van der Waals surface area contributed by atoms with Gasteiger partial charge in [-0.1, -0.05) is 18.5 Å². The summed E-state index contributed by atoms with van der Waals surface area (Å²) in [7, 11) is 0. The number of imidazole rings is 1. The highest BCUT2D eigenvalue weighted by Crippen LogP contribution is 2.38. The quantitative estimate of drug-likeness (QED) is 0.468. The van der Waals surface area contributed by atoms with Crippen LogP contribution in [0.5, 0.6) is 0 Å². The third-order valence-corrected chi connectivity index (χ3v) is 5.61. The summed E-state index contributed by atoms with van der Waals surface area (Å²) >= 11 is 6.39. The Labute approximate surface area is 193 Å². The van der Waals surface area contributed by atoms with E-state index in [0.717, 1.165) is 5.82 Å². The van der Waals surface area contributed by atoms with Gasteiger partial charge in [0.05, 0.1) is 11.7 Å². The first-order valence-electron chi connectivity index (χ1n) is 10.5. The van der Waals surface area contributed by atoms with Gasteiger partial charge in [-0.25, -0.2) is 18.6 Å². The second-order valence-corrected chi connectivity index (χ2v) is 9.23. The van der Waals surface area contributed by atoms with Crippen LogP contribution in [0.15, 0.2) is 12.1 Å². The van der Waals surface area contributed by atoms with E-state index in [0.29, 0.717) is 37.3 Å². The van der Waals surface area contributed by atoms with Gasteiger partial charge in [-0.3, -0.25) is 4.90 Å². The number of hydrogen-bond donors (Lipinski definition) is 0. The minimum atomic E-state index is -5.14. The highest BCUT2D eigenvalue weighted by atomic mass is 35.5. The molecule has 182 valence electrons. The Balaban J connectivity index is 1.94. The number of amides is 1. The van der Waals surface area contributed by atoms with Crippen molar-refractivity contribution in [2.24, 2.45) is 0 Å². The Kier molecular flexibility index (Phi) is 6.98. The molecular weight excluding hydrogens is 469 g/mol. The molecule has 0 radical (unpaired) electrons. The van der Waals surface area contributed by atoms with Crippen LogP contribution in [0.1, 0.15) is 62.8 Å². The molecular formula is C22H25ClF5N3O2. The topological polar surface area (TPSA) is 47.4 Å². The number of rotatable bonds is 4. The summed E-state index contributed by atoms with van der Waals surface area (Å²) in [4.78, 5) is 18.7. The molecule has 33 heavy (non-hydrogen) atoms. The summed E-state index contributed by atoms with van der Waals surface area (Å²) < 4.78 is 74.1. The van der Waals surface area contributed by atoms with Gasteiger partial charge in [-0.05, 0) is 51.3 Å². The number of carbonyl (C=O) groups excluding carboxylic acids is 1. The zero-order valence-electron chi connectivity index (χ0n) is 18.7. The van der Waals surface area contributed by atoms with Gasteiger partial charge in [0.2, 0.25) is 0 Å². The third kappa shape index (κ3) is 5.42. The van der Waals surface area contributed by atoms with Crippen molar-refractivity contribution < 1.29 is 31.5 Å². The molecule has 0 bridgehead atoms. The van der Waals surface area contributed by atoms with Gasteiger partial charge >= 0.3 is 12.3 Å². The fraction of sp³-hybridized carbons (Fsp3) is 0.545. The Bertz CT molecular complexity index is 1020. The van der Waals surface area contributed by atoms with Crippen molar-refractivity contribution in [2.45, 2.75) is 71.3 Å². The molecule has 0 aliphatic carbocycles. The molecule has 1 aliphatic heterocycles. The number of nitrogens with zero attached hydrogens (tertiary/aromatic N) is 3. The number of hydrogen-bond acceptors (Lipinski definition) is 3. The van der Waals surface area contributed by atoms with E-state index < -0.39 is 41.1 Å². The molecule has 1 atom stereocenters. The van der Waals surface area contributed by atoms with Crippen molar-refractivity contribution >= 4 is 17.7 Å². The van der Waals surface area contributed by atoms with Crippen LogP contribution in [0.25, 0.3) is 0 Å². The van der Waals surface area contributed by atoms with Gasteiger partial charge in [0.1, 0.15) is 28.6 Å². The average Bonchev–Trinajstić information content (AvgIpc) is 2.99. The maximum Gasteiger partial charge on any atom is 0.422 e. The molecule has 2 heterocycles. The molecule has 0 fully saturated rings. The van der Waals surface area contributed by atoms with Crippen molar-refractivity contribution in [3.63, 3.8) is 0 Å². The molecule has 2 aromatic rings. The van der Waals surface area contributed by atoms with E-state index in [2.05, 4.69) is 4.98 Å². The molecule has 0 N–H and O–H groups in total. The normalized spacial score (nSPS) is 16.7. The number of benzene rings is 1. The van der Waals surface area contributed by atoms with Crippen molar-refractivity contribution in [1.29, 1.82) is 0 Å². The first kappa shape index (κ1) is 25.3. The Morgan fingerprint density at radius 2 is 1.79 bits per heavy atom. The third-order valence-electron chi connectivity index (χ3n) is 5.33. The van der Waals surface area contributed by atoms with Crippen LogP contribution in [0.3, 0.4) is 0 Å². The molecule has 11 heteroatoms. The first-order valence-corrected chi connectivity index (χ1v) is 10.9. The van der Waals surface area contributed by atoms with Gasteiger partial charge in [0.15, 0.2) is 5.15 Å². The number of halogens is 6. The minimum absolute atomic E-state index is 0.00108. The summed E-state index contributed by atoms with van der Waals surface area (Å²) in [5.74, 6) is -2.63. The zero-order chi connectivity index (χ0) is 24.7. The predicted octanol–water partition coefficient (Wildman–Crippen LogP) is 6.32. The predicted molar refractivity (Wildman–Crippen MR) is 112 cm³/mol. The molecule has 1 amide bonds. The first-order chi connectivity index (χ1) is 15.2. The molecule has 5 nitrogen and oxygen atoms in total. The molecule has 0 saturated heterocycles. The number of ether oxygens (including phenoxy) is 1. The SMILES string of the molecule is CCc1nc(Cl)c2n1CCN(C(=O)OC(C)(C)C)C2CCc1cc(F)c(C(F)(F)F)c(F)c1. The van der Waals surface area contributed by atoms with Crippen molar-refractivity contribution in [3.8, 4) is 0 Å². The van der Waals surface area contributed by atoms with Crippen molar-refractivity contribution in [1.82, 2.24) is 14.5 Å². The fourth-order valence-electron chi connectivity index (χ4n) is 4.01. The van der Waals surface area contributed by atoms with Crippen LogP contribution in [-0.4, -0.2) is 32.7 Å². The molecule has 1 aliphatic rings. The number of aromatic nitrogens is 2. The molecule has 1 unspecified atom stereocenters. The highest BCUT2D eigenvalue weighted by molar-refractivity contribution is 6.30. The van der Waals surface area contributed by atoms with Crippen LogP contribution in [0.4, 0.5) is 26.7 Å². The second-order valence-electron chi connectivity index (χ2n) is 8.87. The number of carbonyl (C=O) groups is 1.